The van der Waals surface area contributed by atoms with Gasteiger partial charge in [-0.25, -0.2) is 0 Å². The third-order valence-electron chi connectivity index (χ3n) is 4.74. The fourth-order valence-electron chi connectivity index (χ4n) is 3.34. The molecule has 2 fully saturated rings. The van der Waals surface area contributed by atoms with E-state index in [1.807, 2.05) is 18.7 Å². The van der Waals surface area contributed by atoms with E-state index in [1.54, 1.807) is 0 Å². The highest BCUT2D eigenvalue weighted by atomic mass is 32.2. The van der Waals surface area contributed by atoms with Crippen molar-refractivity contribution >= 4 is 28.8 Å². The minimum absolute atomic E-state index is 0.0633. The van der Waals surface area contributed by atoms with Gasteiger partial charge in [0, 0.05) is 31.1 Å². The number of imide groups is 1. The molecule has 2 aliphatic heterocycles. The van der Waals surface area contributed by atoms with Crippen LogP contribution < -0.4 is 0 Å². The molecule has 8 heteroatoms. The number of carbonyl (C=O) groups excluding carboxylic acids is 3. The van der Waals surface area contributed by atoms with Crippen molar-refractivity contribution in [2.75, 3.05) is 18.8 Å². The van der Waals surface area contributed by atoms with Crippen molar-refractivity contribution in [1.29, 1.82) is 0 Å². The Hall–Kier alpha value is -1.83. The first kappa shape index (κ1) is 17.0. The zero-order valence-corrected chi connectivity index (χ0v) is 14.7. The second-order valence-corrected chi connectivity index (χ2v) is 7.16. The highest BCUT2D eigenvalue weighted by Crippen LogP contribution is 2.27. The molecule has 2 saturated heterocycles. The molecular weight excluding hydrogens is 330 g/mol. The maximum atomic E-state index is 12.4. The summed E-state index contributed by atoms with van der Waals surface area (Å²) in [4.78, 5) is 39.2. The molecule has 3 heterocycles. The van der Waals surface area contributed by atoms with E-state index >= 15 is 0 Å². The second kappa shape index (κ2) is 6.96. The van der Waals surface area contributed by atoms with Crippen molar-refractivity contribution in [2.45, 2.75) is 45.6 Å². The second-order valence-electron chi connectivity index (χ2n) is 6.23. The molecule has 3 rings (SSSR count). The molecule has 0 aromatic carbocycles. The number of aromatic nitrogens is 1. The Kier molecular flexibility index (Phi) is 4.93. The number of hydrogen-bond acceptors (Lipinski definition) is 6. The van der Waals surface area contributed by atoms with Crippen LogP contribution >= 0.6 is 11.8 Å². The third-order valence-corrected chi connectivity index (χ3v) is 5.57. The van der Waals surface area contributed by atoms with Crippen LogP contribution in [-0.4, -0.2) is 56.9 Å². The van der Waals surface area contributed by atoms with E-state index in [0.29, 0.717) is 38.8 Å². The highest BCUT2D eigenvalue weighted by molar-refractivity contribution is 8.14. The molecule has 2 aliphatic rings. The molecule has 0 aliphatic carbocycles. The van der Waals surface area contributed by atoms with E-state index in [9.17, 15) is 14.4 Å². The van der Waals surface area contributed by atoms with Crippen LogP contribution in [0.25, 0.3) is 0 Å². The molecule has 0 radical (unpaired) electrons. The van der Waals surface area contributed by atoms with Crippen LogP contribution in [0.5, 0.6) is 0 Å². The Morgan fingerprint density at radius 1 is 1.29 bits per heavy atom. The molecule has 24 heavy (non-hydrogen) atoms. The summed E-state index contributed by atoms with van der Waals surface area (Å²) < 4.78 is 5.12. The fourth-order valence-corrected chi connectivity index (χ4v) is 4.12. The zero-order chi connectivity index (χ0) is 17.3. The average molecular weight is 351 g/mol. The Morgan fingerprint density at radius 3 is 2.54 bits per heavy atom. The number of aryl methyl sites for hydroxylation is 2. The number of thioether (sulfide) groups is 1. The first-order valence-electron chi connectivity index (χ1n) is 8.15. The van der Waals surface area contributed by atoms with Gasteiger partial charge in [-0.15, -0.1) is 0 Å². The summed E-state index contributed by atoms with van der Waals surface area (Å²) in [5, 5.41) is 3.75. The van der Waals surface area contributed by atoms with Crippen LogP contribution in [0.15, 0.2) is 4.52 Å². The molecule has 0 atom stereocenters. The van der Waals surface area contributed by atoms with Crippen molar-refractivity contribution in [3.05, 3.63) is 17.0 Å². The number of rotatable bonds is 4. The molecule has 0 saturated carbocycles. The van der Waals surface area contributed by atoms with E-state index in [0.717, 1.165) is 28.8 Å². The third kappa shape index (κ3) is 3.33. The first-order chi connectivity index (χ1) is 11.5. The van der Waals surface area contributed by atoms with Crippen molar-refractivity contribution in [3.63, 3.8) is 0 Å². The van der Waals surface area contributed by atoms with E-state index in [4.69, 9.17) is 4.52 Å². The minimum Gasteiger partial charge on any atom is -0.361 e. The van der Waals surface area contributed by atoms with Gasteiger partial charge >= 0.3 is 0 Å². The summed E-state index contributed by atoms with van der Waals surface area (Å²) in [7, 11) is 0. The molecule has 1 aromatic heterocycles. The van der Waals surface area contributed by atoms with E-state index in [2.05, 4.69) is 5.16 Å². The monoisotopic (exact) mass is 351 g/mol. The Labute approximate surface area is 144 Å². The van der Waals surface area contributed by atoms with Gasteiger partial charge in [-0.1, -0.05) is 16.9 Å². The number of nitrogens with zero attached hydrogens (tertiary/aromatic N) is 3. The lowest BCUT2D eigenvalue weighted by atomic mass is 10.0. The van der Waals surface area contributed by atoms with Gasteiger partial charge in [-0.3, -0.25) is 19.3 Å². The van der Waals surface area contributed by atoms with Crippen molar-refractivity contribution in [2.24, 2.45) is 0 Å². The number of likely N-dealkylation sites (tertiary alicyclic amines) is 1. The maximum Gasteiger partial charge on any atom is 0.289 e. The Balaban J connectivity index is 1.50. The molecule has 1 aromatic rings. The predicted molar refractivity (Wildman–Crippen MR) is 88.6 cm³/mol. The number of carbonyl (C=O) groups is 3. The van der Waals surface area contributed by atoms with Crippen LogP contribution in [0.4, 0.5) is 4.79 Å². The minimum atomic E-state index is -0.150. The van der Waals surface area contributed by atoms with Crippen LogP contribution in [0.1, 0.15) is 36.3 Å². The zero-order valence-electron chi connectivity index (χ0n) is 13.9. The fraction of sp³-hybridized carbons (Fsp3) is 0.625. The number of amides is 3. The highest BCUT2D eigenvalue weighted by Gasteiger charge is 2.37. The summed E-state index contributed by atoms with van der Waals surface area (Å²) in [6.45, 7) is 4.91. The summed E-state index contributed by atoms with van der Waals surface area (Å²) in [5.41, 5.74) is 1.84. The SMILES string of the molecule is Cc1noc(C)c1CCC(=O)N1CCC(N2C(=O)CSC2=O)CC1. The van der Waals surface area contributed by atoms with Crippen molar-refractivity contribution in [3.8, 4) is 0 Å². The van der Waals surface area contributed by atoms with Gasteiger partial charge in [0.25, 0.3) is 5.24 Å². The summed E-state index contributed by atoms with van der Waals surface area (Å²) in [6.07, 6.45) is 2.37. The predicted octanol–water partition coefficient (Wildman–Crippen LogP) is 1.91. The average Bonchev–Trinajstić information content (AvgIpc) is 3.07. The Morgan fingerprint density at radius 2 is 2.00 bits per heavy atom. The van der Waals surface area contributed by atoms with Crippen molar-refractivity contribution in [1.82, 2.24) is 15.0 Å². The maximum absolute atomic E-state index is 12.4. The van der Waals surface area contributed by atoms with Gasteiger partial charge in [-0.05, 0) is 33.1 Å². The summed E-state index contributed by atoms with van der Waals surface area (Å²) >= 11 is 1.07. The molecular formula is C16H21N3O4S. The normalized spacial score (nSPS) is 19.4. The summed E-state index contributed by atoms with van der Waals surface area (Å²) in [5.74, 6) is 1.01. The van der Waals surface area contributed by atoms with Gasteiger partial charge in [-0.2, -0.15) is 0 Å². The number of piperidine rings is 1. The van der Waals surface area contributed by atoms with E-state index in [-0.39, 0.29) is 28.8 Å². The molecule has 0 N–H and O–H groups in total. The van der Waals surface area contributed by atoms with Gasteiger partial charge in [0.1, 0.15) is 5.76 Å². The van der Waals surface area contributed by atoms with Crippen LogP contribution in [0.2, 0.25) is 0 Å². The van der Waals surface area contributed by atoms with Gasteiger partial charge in [0.2, 0.25) is 11.8 Å². The van der Waals surface area contributed by atoms with Gasteiger partial charge in [0.05, 0.1) is 11.4 Å². The number of hydrogen-bond donors (Lipinski definition) is 0. The van der Waals surface area contributed by atoms with Crippen LogP contribution in [-0.2, 0) is 16.0 Å². The molecule has 0 bridgehead atoms. The lowest BCUT2D eigenvalue weighted by Crippen LogP contribution is -2.48. The largest absolute Gasteiger partial charge is 0.361 e. The van der Waals surface area contributed by atoms with E-state index < -0.39 is 0 Å². The summed E-state index contributed by atoms with van der Waals surface area (Å²) in [6, 6.07) is -0.0633. The topological polar surface area (TPSA) is 83.7 Å². The lowest BCUT2D eigenvalue weighted by molar-refractivity contribution is -0.133. The molecule has 0 spiro atoms. The first-order valence-corrected chi connectivity index (χ1v) is 9.14. The van der Waals surface area contributed by atoms with Crippen LogP contribution in [0, 0.1) is 13.8 Å². The smallest absolute Gasteiger partial charge is 0.289 e. The molecule has 0 unspecified atom stereocenters. The van der Waals surface area contributed by atoms with Crippen molar-refractivity contribution < 1.29 is 18.9 Å². The van der Waals surface area contributed by atoms with E-state index in [1.165, 1.54) is 4.90 Å². The van der Waals surface area contributed by atoms with Gasteiger partial charge < -0.3 is 9.42 Å². The van der Waals surface area contributed by atoms with Gasteiger partial charge in [0.15, 0.2) is 0 Å². The lowest BCUT2D eigenvalue weighted by Gasteiger charge is -2.35. The molecule has 7 nitrogen and oxygen atoms in total. The Bertz CT molecular complexity index is 629. The van der Waals surface area contributed by atoms with Crippen LogP contribution in [0.3, 0.4) is 0 Å². The standard InChI is InChI=1S/C16H21N3O4S/c1-10-13(11(2)23-17-10)3-4-14(20)18-7-5-12(6-8-18)19-15(21)9-24-16(19)22/h12H,3-9H2,1-2H3. The molecule has 3 amide bonds. The quantitative estimate of drug-likeness (QED) is 0.824. The molecule has 130 valence electrons.